The molecule has 18 heavy (non-hydrogen) atoms. The van der Waals surface area contributed by atoms with Crippen LogP contribution in [0.3, 0.4) is 0 Å². The molecule has 0 spiro atoms. The Labute approximate surface area is 105 Å². The molecular weight excluding hydrogens is 234 g/mol. The fourth-order valence-corrected chi connectivity index (χ4v) is 1.44. The van der Waals surface area contributed by atoms with Crippen LogP contribution in [-0.4, -0.2) is 28.0 Å². The predicted molar refractivity (Wildman–Crippen MR) is 67.1 cm³/mol. The highest BCUT2D eigenvalue weighted by Gasteiger charge is 2.20. The van der Waals surface area contributed by atoms with Crippen molar-refractivity contribution in [1.82, 2.24) is 10.3 Å². The monoisotopic (exact) mass is 251 g/mol. The maximum Gasteiger partial charge on any atom is 0.326 e. The summed E-state index contributed by atoms with van der Waals surface area (Å²) in [6, 6.07) is 2.13. The number of rotatable bonds is 6. The normalized spacial score (nSPS) is 11.8. The van der Waals surface area contributed by atoms with Gasteiger partial charge in [-0.3, -0.25) is 4.79 Å². The number of aliphatic carboxylic acids is 1. The molecule has 0 aliphatic rings. The van der Waals surface area contributed by atoms with Crippen molar-refractivity contribution in [2.24, 2.45) is 0 Å². The number of aromatic nitrogens is 1. The number of carbonyl (C=O) groups excluding carboxylic acids is 1. The lowest BCUT2D eigenvalue weighted by Gasteiger charge is -2.13. The predicted octanol–water partition coefficient (Wildman–Crippen LogP) is 1.04. The summed E-state index contributed by atoms with van der Waals surface area (Å²) in [6.45, 7) is 1.96. The van der Waals surface area contributed by atoms with Crippen molar-refractivity contribution in [2.75, 3.05) is 5.73 Å². The molecule has 1 atom stereocenters. The zero-order chi connectivity index (χ0) is 13.5. The van der Waals surface area contributed by atoms with Gasteiger partial charge in [-0.25, -0.2) is 9.78 Å². The number of nitrogens with two attached hydrogens (primary N) is 1. The Morgan fingerprint density at radius 3 is 2.72 bits per heavy atom. The van der Waals surface area contributed by atoms with E-state index in [1.165, 1.54) is 12.3 Å². The molecule has 0 fully saturated rings. The molecule has 98 valence electrons. The van der Waals surface area contributed by atoms with Crippen LogP contribution in [0.15, 0.2) is 18.3 Å². The van der Waals surface area contributed by atoms with Crippen molar-refractivity contribution in [1.29, 1.82) is 0 Å². The summed E-state index contributed by atoms with van der Waals surface area (Å²) < 4.78 is 0. The van der Waals surface area contributed by atoms with Gasteiger partial charge in [0.15, 0.2) is 0 Å². The van der Waals surface area contributed by atoms with Gasteiger partial charge < -0.3 is 16.2 Å². The minimum Gasteiger partial charge on any atom is -0.480 e. The summed E-state index contributed by atoms with van der Waals surface area (Å²) in [7, 11) is 0. The highest BCUT2D eigenvalue weighted by Crippen LogP contribution is 2.04. The van der Waals surface area contributed by atoms with Crippen molar-refractivity contribution in [3.8, 4) is 0 Å². The maximum atomic E-state index is 11.8. The topological polar surface area (TPSA) is 105 Å². The summed E-state index contributed by atoms with van der Waals surface area (Å²) in [5.41, 5.74) is 6.06. The fourth-order valence-electron chi connectivity index (χ4n) is 1.44. The summed E-state index contributed by atoms with van der Waals surface area (Å²) in [4.78, 5) is 26.6. The van der Waals surface area contributed by atoms with Gasteiger partial charge in [0, 0.05) is 0 Å². The van der Waals surface area contributed by atoms with Gasteiger partial charge in [-0.2, -0.15) is 0 Å². The standard InChI is InChI=1S/C12H17N3O3/c1-2-3-4-10(12(17)18)15-11(16)9-6-5-8(13)7-14-9/h5-7,10H,2-4,13H2,1H3,(H,15,16)(H,17,18). The van der Waals surface area contributed by atoms with Crippen molar-refractivity contribution in [3.05, 3.63) is 24.0 Å². The van der Waals surface area contributed by atoms with Crippen LogP contribution in [0.1, 0.15) is 36.7 Å². The number of nitrogens with one attached hydrogen (secondary N) is 1. The van der Waals surface area contributed by atoms with Crippen LogP contribution in [0.4, 0.5) is 5.69 Å². The molecule has 6 heteroatoms. The Hall–Kier alpha value is -2.11. The van der Waals surface area contributed by atoms with E-state index in [2.05, 4.69) is 10.3 Å². The lowest BCUT2D eigenvalue weighted by molar-refractivity contribution is -0.139. The van der Waals surface area contributed by atoms with Gasteiger partial charge in [-0.05, 0) is 18.6 Å². The van der Waals surface area contributed by atoms with Gasteiger partial charge >= 0.3 is 5.97 Å². The zero-order valence-corrected chi connectivity index (χ0v) is 10.2. The van der Waals surface area contributed by atoms with Crippen LogP contribution in [0, 0.1) is 0 Å². The smallest absolute Gasteiger partial charge is 0.326 e. The second-order valence-corrected chi connectivity index (χ2v) is 3.98. The average molecular weight is 251 g/mol. The van der Waals surface area contributed by atoms with E-state index in [4.69, 9.17) is 10.8 Å². The summed E-state index contributed by atoms with van der Waals surface area (Å²) in [5, 5.41) is 11.4. The minimum atomic E-state index is -1.03. The van der Waals surface area contributed by atoms with Gasteiger partial charge in [-0.1, -0.05) is 19.8 Å². The Kier molecular flexibility index (Phi) is 5.10. The molecule has 0 radical (unpaired) electrons. The number of hydrogen-bond donors (Lipinski definition) is 3. The molecular formula is C12H17N3O3. The molecule has 1 aromatic heterocycles. The van der Waals surface area contributed by atoms with E-state index in [-0.39, 0.29) is 5.69 Å². The lowest BCUT2D eigenvalue weighted by Crippen LogP contribution is -2.41. The van der Waals surface area contributed by atoms with Crippen molar-refractivity contribution in [3.63, 3.8) is 0 Å². The molecule has 0 aliphatic carbocycles. The third-order valence-corrected chi connectivity index (χ3v) is 2.47. The Morgan fingerprint density at radius 1 is 1.50 bits per heavy atom. The summed E-state index contributed by atoms with van der Waals surface area (Å²) in [6.07, 6.45) is 3.38. The molecule has 0 bridgehead atoms. The Bertz CT molecular complexity index is 417. The molecule has 1 aromatic rings. The van der Waals surface area contributed by atoms with E-state index in [1.807, 2.05) is 6.92 Å². The van der Waals surface area contributed by atoms with Gasteiger partial charge in [0.05, 0.1) is 11.9 Å². The van der Waals surface area contributed by atoms with Gasteiger partial charge in [0.2, 0.25) is 0 Å². The Morgan fingerprint density at radius 2 is 2.22 bits per heavy atom. The number of carboxylic acid groups (broad SMARTS) is 1. The first-order valence-electron chi connectivity index (χ1n) is 5.79. The molecule has 1 heterocycles. The second-order valence-electron chi connectivity index (χ2n) is 3.98. The molecule has 1 rings (SSSR count). The fraction of sp³-hybridized carbons (Fsp3) is 0.417. The number of carboxylic acids is 1. The van der Waals surface area contributed by atoms with Crippen LogP contribution < -0.4 is 11.1 Å². The summed E-state index contributed by atoms with van der Waals surface area (Å²) in [5.74, 6) is -1.54. The quantitative estimate of drug-likeness (QED) is 0.700. The van der Waals surface area contributed by atoms with E-state index in [1.54, 1.807) is 6.07 Å². The number of anilines is 1. The first-order chi connectivity index (χ1) is 8.54. The van der Waals surface area contributed by atoms with E-state index in [0.29, 0.717) is 12.1 Å². The number of unbranched alkanes of at least 4 members (excludes halogenated alkanes) is 1. The molecule has 0 saturated heterocycles. The molecule has 6 nitrogen and oxygen atoms in total. The SMILES string of the molecule is CCCCC(NC(=O)c1ccc(N)cn1)C(=O)O. The number of pyridine rings is 1. The number of nitrogens with zero attached hydrogens (tertiary/aromatic N) is 1. The molecule has 1 unspecified atom stereocenters. The largest absolute Gasteiger partial charge is 0.480 e. The van der Waals surface area contributed by atoms with Crippen molar-refractivity contribution >= 4 is 17.6 Å². The maximum absolute atomic E-state index is 11.8. The average Bonchev–Trinajstić information content (AvgIpc) is 2.34. The second kappa shape index (κ2) is 6.58. The molecule has 0 aliphatic heterocycles. The van der Waals surface area contributed by atoms with Gasteiger partial charge in [0.25, 0.3) is 5.91 Å². The lowest BCUT2D eigenvalue weighted by atomic mass is 10.1. The van der Waals surface area contributed by atoms with Crippen LogP contribution in [0.2, 0.25) is 0 Å². The van der Waals surface area contributed by atoms with Crippen LogP contribution in [-0.2, 0) is 4.79 Å². The number of carbonyl (C=O) groups is 2. The van der Waals surface area contributed by atoms with E-state index in [9.17, 15) is 9.59 Å². The first-order valence-corrected chi connectivity index (χ1v) is 5.79. The van der Waals surface area contributed by atoms with Crippen molar-refractivity contribution in [2.45, 2.75) is 32.2 Å². The van der Waals surface area contributed by atoms with E-state index >= 15 is 0 Å². The third-order valence-electron chi connectivity index (χ3n) is 2.47. The molecule has 0 aromatic carbocycles. The molecule has 4 N–H and O–H groups in total. The summed E-state index contributed by atoms with van der Waals surface area (Å²) >= 11 is 0. The van der Waals surface area contributed by atoms with Gasteiger partial charge in [0.1, 0.15) is 11.7 Å². The number of amides is 1. The number of nitrogen functional groups attached to an aromatic ring is 1. The first kappa shape index (κ1) is 14.0. The van der Waals surface area contributed by atoms with E-state index in [0.717, 1.165) is 12.8 Å². The zero-order valence-electron chi connectivity index (χ0n) is 10.2. The van der Waals surface area contributed by atoms with Gasteiger partial charge in [-0.15, -0.1) is 0 Å². The van der Waals surface area contributed by atoms with Crippen LogP contribution >= 0.6 is 0 Å². The molecule has 0 saturated carbocycles. The van der Waals surface area contributed by atoms with Crippen LogP contribution in [0.5, 0.6) is 0 Å². The highest BCUT2D eigenvalue weighted by molar-refractivity contribution is 5.95. The molecule has 1 amide bonds. The highest BCUT2D eigenvalue weighted by atomic mass is 16.4. The Balaban J connectivity index is 2.66. The van der Waals surface area contributed by atoms with Crippen molar-refractivity contribution < 1.29 is 14.7 Å². The third kappa shape index (κ3) is 4.04. The van der Waals surface area contributed by atoms with Crippen LogP contribution in [0.25, 0.3) is 0 Å². The minimum absolute atomic E-state index is 0.159. The number of hydrogen-bond acceptors (Lipinski definition) is 4. The van der Waals surface area contributed by atoms with E-state index < -0.39 is 17.9 Å².